The van der Waals surface area contributed by atoms with Gasteiger partial charge >= 0.3 is 5.97 Å². The molecule has 0 radical (unpaired) electrons. The van der Waals surface area contributed by atoms with Gasteiger partial charge in [0.2, 0.25) is 0 Å². The monoisotopic (exact) mass is 641 g/mol. The number of hydrogen-bond acceptors (Lipinski definition) is 7. The highest BCUT2D eigenvalue weighted by Gasteiger charge is 2.21. The zero-order valence-corrected chi connectivity index (χ0v) is 23.0. The average Bonchev–Trinajstić information content (AvgIpc) is 2.81. The number of ether oxygens (including phenoxy) is 3. The topological polar surface area (TPSA) is 92.0 Å². The number of carbonyl (C=O) groups is 1. The molecule has 0 aliphatic rings. The third kappa shape index (κ3) is 5.96. The zero-order chi connectivity index (χ0) is 24.8. The van der Waals surface area contributed by atoms with Crippen molar-refractivity contribution in [1.82, 2.24) is 9.66 Å². The summed E-state index contributed by atoms with van der Waals surface area (Å²) in [4.78, 5) is 29.7. The smallest absolute Gasteiger partial charge is 0.347 e. The third-order valence-corrected chi connectivity index (χ3v) is 6.05. The lowest BCUT2D eigenvalue weighted by Crippen LogP contribution is -2.26. The van der Waals surface area contributed by atoms with E-state index in [0.717, 1.165) is 8.04 Å². The van der Waals surface area contributed by atoms with E-state index in [9.17, 15) is 9.59 Å². The Kier molecular flexibility index (Phi) is 9.06. The summed E-state index contributed by atoms with van der Waals surface area (Å²) >= 11 is 5.52. The highest BCUT2D eigenvalue weighted by atomic mass is 127. The van der Waals surface area contributed by atoms with Gasteiger partial charge in [0.1, 0.15) is 5.82 Å². The second-order valence-electron chi connectivity index (χ2n) is 7.18. The first-order chi connectivity index (χ1) is 16.3. The fourth-order valence-corrected chi connectivity index (χ4v) is 4.30. The summed E-state index contributed by atoms with van der Waals surface area (Å²) in [7, 11) is 0. The van der Waals surface area contributed by atoms with Crippen LogP contribution in [-0.2, 0) is 16.0 Å². The molecule has 1 atom stereocenters. The van der Waals surface area contributed by atoms with Crippen molar-refractivity contribution >= 4 is 61.6 Å². The number of aromatic nitrogens is 2. The summed E-state index contributed by atoms with van der Waals surface area (Å²) in [6.07, 6.45) is 1.33. The van der Waals surface area contributed by atoms with Gasteiger partial charge in [-0.3, -0.25) is 4.79 Å². The predicted octanol–water partition coefficient (Wildman–Crippen LogP) is 4.94. The number of carbonyl (C=O) groups excluding carboxylic acids is 1. The van der Waals surface area contributed by atoms with Crippen LogP contribution in [0.3, 0.4) is 0 Å². The molecule has 0 fully saturated rings. The van der Waals surface area contributed by atoms with Gasteiger partial charge in [-0.2, -0.15) is 9.78 Å². The molecule has 0 aliphatic carbocycles. The van der Waals surface area contributed by atoms with Gasteiger partial charge in [-0.15, -0.1) is 0 Å². The number of benzene rings is 2. The Morgan fingerprint density at radius 3 is 2.68 bits per heavy atom. The standard InChI is InChI=1S/C24H25BrIN3O5/c1-5-21-28-19-9-8-16(25)12-17(19)23(30)29(21)27-13-15-10-18(26)22(20(11-15)32-6-2)34-14(4)24(31)33-7-3/h8-14H,5-7H2,1-4H3/t14-/m0/s1. The van der Waals surface area contributed by atoms with E-state index in [2.05, 4.69) is 48.6 Å². The van der Waals surface area contributed by atoms with Crippen LogP contribution in [0.5, 0.6) is 11.5 Å². The van der Waals surface area contributed by atoms with Gasteiger partial charge in [-0.05, 0) is 79.3 Å². The largest absolute Gasteiger partial charge is 0.490 e. The Morgan fingerprint density at radius 1 is 1.24 bits per heavy atom. The molecular formula is C24H25BrIN3O5. The van der Waals surface area contributed by atoms with Crippen LogP contribution in [0.2, 0.25) is 0 Å². The quantitative estimate of drug-likeness (QED) is 0.187. The van der Waals surface area contributed by atoms with Gasteiger partial charge < -0.3 is 14.2 Å². The molecule has 0 aliphatic heterocycles. The maximum absolute atomic E-state index is 13.1. The van der Waals surface area contributed by atoms with E-state index in [1.165, 1.54) is 4.68 Å². The van der Waals surface area contributed by atoms with E-state index >= 15 is 0 Å². The van der Waals surface area contributed by atoms with Crippen LogP contribution in [-0.4, -0.2) is 41.2 Å². The summed E-state index contributed by atoms with van der Waals surface area (Å²) in [6.45, 7) is 7.83. The van der Waals surface area contributed by atoms with E-state index in [0.29, 0.717) is 46.8 Å². The second kappa shape index (κ2) is 11.8. The molecule has 0 amide bonds. The number of halogens is 2. The van der Waals surface area contributed by atoms with Gasteiger partial charge in [0, 0.05) is 10.9 Å². The summed E-state index contributed by atoms with van der Waals surface area (Å²) in [5.74, 6) is 1.02. The van der Waals surface area contributed by atoms with Crippen LogP contribution in [0.1, 0.15) is 39.1 Å². The van der Waals surface area contributed by atoms with Crippen molar-refractivity contribution in [3.05, 3.63) is 60.1 Å². The van der Waals surface area contributed by atoms with Crippen molar-refractivity contribution in [1.29, 1.82) is 0 Å². The first kappa shape index (κ1) is 26.1. The van der Waals surface area contributed by atoms with Gasteiger partial charge in [0.25, 0.3) is 5.56 Å². The van der Waals surface area contributed by atoms with Crippen molar-refractivity contribution < 1.29 is 19.0 Å². The third-order valence-electron chi connectivity index (χ3n) is 4.76. The Balaban J connectivity index is 2.00. The van der Waals surface area contributed by atoms with Crippen molar-refractivity contribution in [2.24, 2.45) is 5.10 Å². The Morgan fingerprint density at radius 2 is 2.00 bits per heavy atom. The molecule has 0 saturated carbocycles. The van der Waals surface area contributed by atoms with Gasteiger partial charge in [0.15, 0.2) is 17.6 Å². The molecule has 1 heterocycles. The minimum atomic E-state index is -0.791. The number of hydrogen-bond donors (Lipinski definition) is 0. The highest BCUT2D eigenvalue weighted by molar-refractivity contribution is 14.1. The van der Waals surface area contributed by atoms with Crippen LogP contribution < -0.4 is 15.0 Å². The van der Waals surface area contributed by atoms with Crippen molar-refractivity contribution in [3.63, 3.8) is 0 Å². The summed E-state index contributed by atoms with van der Waals surface area (Å²) in [5, 5.41) is 4.92. The van der Waals surface area contributed by atoms with Crippen molar-refractivity contribution in [3.8, 4) is 11.5 Å². The zero-order valence-electron chi connectivity index (χ0n) is 19.3. The molecule has 180 valence electrons. The van der Waals surface area contributed by atoms with E-state index < -0.39 is 12.1 Å². The summed E-state index contributed by atoms with van der Waals surface area (Å²) < 4.78 is 19.5. The Hall–Kier alpha value is -2.47. The van der Waals surface area contributed by atoms with Crippen LogP contribution in [0.15, 0.2) is 44.7 Å². The number of aryl methyl sites for hydroxylation is 1. The molecule has 3 aromatic rings. The SMILES string of the molecule is CCOC(=O)[C@H](C)Oc1c(I)cc(C=Nn2c(CC)nc3ccc(Br)cc3c2=O)cc1OCC. The first-order valence-electron chi connectivity index (χ1n) is 10.8. The fourth-order valence-electron chi connectivity index (χ4n) is 3.19. The Labute approximate surface area is 219 Å². The van der Waals surface area contributed by atoms with Crippen molar-refractivity contribution in [2.45, 2.75) is 40.2 Å². The van der Waals surface area contributed by atoms with Gasteiger partial charge in [-0.1, -0.05) is 22.9 Å². The summed E-state index contributed by atoms with van der Waals surface area (Å²) in [5.41, 5.74) is 1.08. The molecule has 0 N–H and O–H groups in total. The molecule has 0 unspecified atom stereocenters. The number of rotatable bonds is 9. The van der Waals surface area contributed by atoms with Crippen LogP contribution in [0.25, 0.3) is 10.9 Å². The molecule has 34 heavy (non-hydrogen) atoms. The fraction of sp³-hybridized carbons (Fsp3) is 0.333. The minimum Gasteiger partial charge on any atom is -0.490 e. The number of nitrogens with zero attached hydrogens (tertiary/aromatic N) is 3. The van der Waals surface area contributed by atoms with E-state index in [1.807, 2.05) is 26.0 Å². The van der Waals surface area contributed by atoms with Crippen LogP contribution in [0.4, 0.5) is 0 Å². The van der Waals surface area contributed by atoms with E-state index in [1.54, 1.807) is 38.3 Å². The highest BCUT2D eigenvalue weighted by Crippen LogP contribution is 2.35. The molecular weight excluding hydrogens is 617 g/mol. The van der Waals surface area contributed by atoms with Crippen LogP contribution >= 0.6 is 38.5 Å². The van der Waals surface area contributed by atoms with E-state index in [4.69, 9.17) is 14.2 Å². The molecule has 0 spiro atoms. The van der Waals surface area contributed by atoms with Crippen LogP contribution in [0, 0.1) is 3.57 Å². The minimum absolute atomic E-state index is 0.248. The molecule has 10 heteroatoms. The van der Waals surface area contributed by atoms with Gasteiger partial charge in [0.05, 0.1) is 33.9 Å². The summed E-state index contributed by atoms with van der Waals surface area (Å²) in [6, 6.07) is 8.99. The molecule has 2 aromatic carbocycles. The number of esters is 1. The lowest BCUT2D eigenvalue weighted by Gasteiger charge is -2.18. The van der Waals surface area contributed by atoms with Gasteiger partial charge in [-0.25, -0.2) is 9.78 Å². The predicted molar refractivity (Wildman–Crippen MR) is 143 cm³/mol. The van der Waals surface area contributed by atoms with Crippen molar-refractivity contribution in [2.75, 3.05) is 13.2 Å². The average molecular weight is 642 g/mol. The Bertz CT molecular complexity index is 1290. The lowest BCUT2D eigenvalue weighted by atomic mass is 10.2. The molecule has 8 nitrogen and oxygen atoms in total. The molecule has 1 aromatic heterocycles. The lowest BCUT2D eigenvalue weighted by molar-refractivity contribution is -0.150. The molecule has 3 rings (SSSR count). The maximum Gasteiger partial charge on any atom is 0.347 e. The van der Waals surface area contributed by atoms with E-state index in [-0.39, 0.29) is 12.2 Å². The number of fused-ring (bicyclic) bond motifs is 1. The first-order valence-corrected chi connectivity index (χ1v) is 12.7. The second-order valence-corrected chi connectivity index (χ2v) is 9.26. The maximum atomic E-state index is 13.1. The molecule has 0 bridgehead atoms. The normalized spacial score (nSPS) is 12.2. The molecule has 0 saturated heterocycles.